The molecule has 2 rings (SSSR count). The van der Waals surface area contributed by atoms with Crippen molar-refractivity contribution >= 4 is 0 Å². The third-order valence-electron chi connectivity index (χ3n) is 4.08. The van der Waals surface area contributed by atoms with Crippen molar-refractivity contribution in [3.05, 3.63) is 34.9 Å². The fourth-order valence-electron chi connectivity index (χ4n) is 2.82. The Bertz CT molecular complexity index is 475. The molecule has 1 atom stereocenters. The highest BCUT2D eigenvalue weighted by Crippen LogP contribution is 2.19. The minimum Gasteiger partial charge on any atom is -0.297 e. The second kappa shape index (κ2) is 6.18. The molecule has 0 aliphatic carbocycles. The van der Waals surface area contributed by atoms with Crippen molar-refractivity contribution in [1.29, 1.82) is 5.26 Å². The van der Waals surface area contributed by atoms with Crippen molar-refractivity contribution in [2.75, 3.05) is 26.7 Å². The topological polar surface area (TPSA) is 30.3 Å². The van der Waals surface area contributed by atoms with E-state index in [1.165, 1.54) is 23.1 Å². The number of likely N-dealkylation sites (N-methyl/N-ethyl adjacent to an activating group) is 1. The summed E-state index contributed by atoms with van der Waals surface area (Å²) >= 11 is 0. The Morgan fingerprint density at radius 2 is 2.21 bits per heavy atom. The lowest BCUT2D eigenvalue weighted by Gasteiger charge is -2.22. The van der Waals surface area contributed by atoms with Gasteiger partial charge < -0.3 is 0 Å². The third-order valence-corrected chi connectivity index (χ3v) is 4.08. The summed E-state index contributed by atoms with van der Waals surface area (Å²) in [4.78, 5) is 4.66. The van der Waals surface area contributed by atoms with Gasteiger partial charge in [-0.25, -0.2) is 0 Å². The summed E-state index contributed by atoms with van der Waals surface area (Å²) in [6, 6.07) is 9.46. The molecule has 1 fully saturated rings. The van der Waals surface area contributed by atoms with E-state index in [0.29, 0.717) is 12.6 Å². The predicted octanol–water partition coefficient (Wildman–Crippen LogP) is 2.33. The van der Waals surface area contributed by atoms with Crippen molar-refractivity contribution in [1.82, 2.24) is 9.80 Å². The summed E-state index contributed by atoms with van der Waals surface area (Å²) in [6.07, 6.45) is 1.17. The number of rotatable bonds is 4. The Kier molecular flexibility index (Phi) is 4.57. The fraction of sp³-hybridized carbons (Fsp3) is 0.562. The van der Waals surface area contributed by atoms with Gasteiger partial charge in [0.2, 0.25) is 0 Å². The molecule has 0 N–H and O–H groups in total. The monoisotopic (exact) mass is 257 g/mol. The molecule has 0 aromatic heterocycles. The van der Waals surface area contributed by atoms with Gasteiger partial charge in [0.1, 0.15) is 0 Å². The number of benzene rings is 1. The highest BCUT2D eigenvalue weighted by Gasteiger charge is 2.25. The molecule has 3 heteroatoms. The molecule has 1 unspecified atom stereocenters. The smallest absolute Gasteiger partial charge is 0.0866 e. The van der Waals surface area contributed by atoms with E-state index in [1.807, 2.05) is 0 Å². The van der Waals surface area contributed by atoms with Crippen LogP contribution < -0.4 is 0 Å². The van der Waals surface area contributed by atoms with E-state index in [9.17, 15) is 0 Å². The molecule has 1 aliphatic heterocycles. The second-order valence-corrected chi connectivity index (χ2v) is 5.68. The Balaban J connectivity index is 1.93. The van der Waals surface area contributed by atoms with Gasteiger partial charge in [-0.15, -0.1) is 0 Å². The first kappa shape index (κ1) is 14.0. The van der Waals surface area contributed by atoms with E-state index < -0.39 is 0 Å². The number of hydrogen-bond acceptors (Lipinski definition) is 3. The summed E-state index contributed by atoms with van der Waals surface area (Å²) in [5.41, 5.74) is 4.14. The van der Waals surface area contributed by atoms with E-state index in [0.717, 1.165) is 19.6 Å². The van der Waals surface area contributed by atoms with Crippen molar-refractivity contribution in [2.24, 2.45) is 0 Å². The van der Waals surface area contributed by atoms with Crippen LogP contribution in [0, 0.1) is 25.2 Å². The first-order valence-electron chi connectivity index (χ1n) is 6.96. The van der Waals surface area contributed by atoms with Gasteiger partial charge in [0.05, 0.1) is 12.6 Å². The SMILES string of the molecule is Cc1ccc(CN2CCC(N(C)CC#N)C2)c(C)c1. The molecule has 0 saturated carbocycles. The lowest BCUT2D eigenvalue weighted by molar-refractivity contribution is 0.249. The maximum Gasteiger partial charge on any atom is 0.0866 e. The summed E-state index contributed by atoms with van der Waals surface area (Å²) in [5, 5.41) is 8.76. The summed E-state index contributed by atoms with van der Waals surface area (Å²) in [7, 11) is 2.05. The number of aryl methyl sites for hydroxylation is 2. The normalized spacial score (nSPS) is 19.8. The zero-order valence-corrected chi connectivity index (χ0v) is 12.2. The van der Waals surface area contributed by atoms with Crippen LogP contribution in [-0.4, -0.2) is 42.5 Å². The van der Waals surface area contributed by atoms with E-state index in [-0.39, 0.29) is 0 Å². The van der Waals surface area contributed by atoms with E-state index in [4.69, 9.17) is 5.26 Å². The van der Waals surface area contributed by atoms with Gasteiger partial charge in [-0.2, -0.15) is 5.26 Å². The summed E-state index contributed by atoms with van der Waals surface area (Å²) < 4.78 is 0. The lowest BCUT2D eigenvalue weighted by Crippen LogP contribution is -2.34. The molecule has 0 amide bonds. The zero-order chi connectivity index (χ0) is 13.8. The first-order chi connectivity index (χ1) is 9.10. The average molecular weight is 257 g/mol. The minimum atomic E-state index is 0.530. The number of likely N-dealkylation sites (tertiary alicyclic amines) is 1. The maximum absolute atomic E-state index is 8.76. The molecular weight excluding hydrogens is 234 g/mol. The molecule has 1 heterocycles. The van der Waals surface area contributed by atoms with Crippen LogP contribution in [0.25, 0.3) is 0 Å². The highest BCUT2D eigenvalue weighted by molar-refractivity contribution is 5.30. The molecule has 3 nitrogen and oxygen atoms in total. The Morgan fingerprint density at radius 3 is 2.89 bits per heavy atom. The largest absolute Gasteiger partial charge is 0.297 e. The van der Waals surface area contributed by atoms with Crippen LogP contribution in [0.2, 0.25) is 0 Å². The van der Waals surface area contributed by atoms with Gasteiger partial charge in [-0.3, -0.25) is 9.80 Å². The van der Waals surface area contributed by atoms with Gasteiger partial charge in [-0.05, 0) is 38.4 Å². The van der Waals surface area contributed by atoms with E-state index >= 15 is 0 Å². The minimum absolute atomic E-state index is 0.530. The Labute approximate surface area is 116 Å². The highest BCUT2D eigenvalue weighted by atomic mass is 15.2. The third kappa shape index (κ3) is 3.56. The lowest BCUT2D eigenvalue weighted by atomic mass is 10.1. The van der Waals surface area contributed by atoms with Crippen LogP contribution in [0.3, 0.4) is 0 Å². The van der Waals surface area contributed by atoms with Gasteiger partial charge in [0.25, 0.3) is 0 Å². The Hall–Kier alpha value is -1.37. The van der Waals surface area contributed by atoms with E-state index in [1.54, 1.807) is 0 Å². The summed E-state index contributed by atoms with van der Waals surface area (Å²) in [6.45, 7) is 8.10. The molecule has 1 aromatic rings. The number of hydrogen-bond donors (Lipinski definition) is 0. The fourth-order valence-corrected chi connectivity index (χ4v) is 2.82. The van der Waals surface area contributed by atoms with Crippen LogP contribution >= 0.6 is 0 Å². The average Bonchev–Trinajstić information content (AvgIpc) is 2.82. The van der Waals surface area contributed by atoms with Crippen molar-refractivity contribution in [3.8, 4) is 6.07 Å². The molecule has 19 heavy (non-hydrogen) atoms. The van der Waals surface area contributed by atoms with Gasteiger partial charge in [-0.1, -0.05) is 23.8 Å². The molecule has 102 valence electrons. The number of nitrogens with zero attached hydrogens (tertiary/aromatic N) is 3. The first-order valence-corrected chi connectivity index (χ1v) is 6.96. The molecule has 0 bridgehead atoms. The van der Waals surface area contributed by atoms with Crippen molar-refractivity contribution in [3.63, 3.8) is 0 Å². The van der Waals surface area contributed by atoms with Crippen LogP contribution in [0.4, 0.5) is 0 Å². The quantitative estimate of drug-likeness (QED) is 0.776. The van der Waals surface area contributed by atoms with Gasteiger partial charge >= 0.3 is 0 Å². The van der Waals surface area contributed by atoms with Crippen molar-refractivity contribution < 1.29 is 0 Å². The molecule has 0 radical (unpaired) electrons. The number of nitriles is 1. The summed E-state index contributed by atoms with van der Waals surface area (Å²) in [5.74, 6) is 0. The zero-order valence-electron chi connectivity index (χ0n) is 12.2. The maximum atomic E-state index is 8.76. The van der Waals surface area contributed by atoms with Crippen LogP contribution in [0.15, 0.2) is 18.2 Å². The molecular formula is C16H23N3. The molecule has 1 aliphatic rings. The standard InChI is InChI=1S/C16H23N3/c1-13-4-5-15(14(2)10-13)11-19-8-6-16(12-19)18(3)9-7-17/h4-5,10,16H,6,8-9,11-12H2,1-3H3. The molecule has 1 aromatic carbocycles. The second-order valence-electron chi connectivity index (χ2n) is 5.68. The van der Waals surface area contributed by atoms with Crippen LogP contribution in [-0.2, 0) is 6.54 Å². The van der Waals surface area contributed by atoms with Crippen LogP contribution in [0.5, 0.6) is 0 Å². The Morgan fingerprint density at radius 1 is 1.42 bits per heavy atom. The van der Waals surface area contributed by atoms with Gasteiger partial charge in [0.15, 0.2) is 0 Å². The van der Waals surface area contributed by atoms with Crippen LogP contribution in [0.1, 0.15) is 23.1 Å². The predicted molar refractivity (Wildman–Crippen MR) is 77.8 cm³/mol. The van der Waals surface area contributed by atoms with Crippen molar-refractivity contribution in [2.45, 2.75) is 32.9 Å². The molecule has 1 saturated heterocycles. The molecule has 0 spiro atoms. The van der Waals surface area contributed by atoms with Gasteiger partial charge in [0, 0.05) is 25.7 Å². The van der Waals surface area contributed by atoms with E-state index in [2.05, 4.69) is 55.0 Å².